The number of nitrogens with one attached hydrogen (secondary N) is 1. The molecule has 0 aliphatic carbocycles. The van der Waals surface area contributed by atoms with Gasteiger partial charge in [0.2, 0.25) is 15.9 Å². The lowest BCUT2D eigenvalue weighted by Gasteiger charge is -2.31. The molecule has 1 aliphatic heterocycles. The second-order valence-electron chi connectivity index (χ2n) is 6.03. The number of halogens is 1. The van der Waals surface area contributed by atoms with Gasteiger partial charge in [0.05, 0.1) is 10.6 Å². The van der Waals surface area contributed by atoms with Gasteiger partial charge in [-0.05, 0) is 49.1 Å². The van der Waals surface area contributed by atoms with Crippen molar-refractivity contribution in [1.82, 2.24) is 9.62 Å². The number of carbonyl (C=O) groups excluding carboxylic acids is 1. The lowest BCUT2D eigenvalue weighted by Crippen LogP contribution is -2.40. The molecular weight excluding hydrogens is 396 g/mol. The molecule has 1 amide bonds. The molecule has 0 aromatic carbocycles. The Morgan fingerprint density at radius 1 is 1.35 bits per heavy atom. The zero-order valence-electron chi connectivity index (χ0n) is 13.9. The lowest BCUT2D eigenvalue weighted by molar-refractivity contribution is -0.127. The van der Waals surface area contributed by atoms with Crippen molar-refractivity contribution in [2.75, 3.05) is 19.6 Å². The smallest absolute Gasteiger partial charge is 0.250 e. The van der Waals surface area contributed by atoms with Gasteiger partial charge < -0.3 is 9.32 Å². The van der Waals surface area contributed by atoms with E-state index in [1.807, 2.05) is 0 Å². The molecule has 3 rings (SSSR count). The Morgan fingerprint density at radius 3 is 2.73 bits per heavy atom. The summed E-state index contributed by atoms with van der Waals surface area (Å²) >= 11 is 6.83. The van der Waals surface area contributed by atoms with Gasteiger partial charge in [-0.3, -0.25) is 4.79 Å². The first-order valence-electron chi connectivity index (χ1n) is 8.19. The molecule has 140 valence electrons. The van der Waals surface area contributed by atoms with E-state index in [0.717, 1.165) is 24.2 Å². The van der Waals surface area contributed by atoms with Gasteiger partial charge in [-0.2, -0.15) is 0 Å². The van der Waals surface area contributed by atoms with E-state index in [2.05, 4.69) is 4.72 Å². The zero-order valence-corrected chi connectivity index (χ0v) is 16.3. The van der Waals surface area contributed by atoms with Gasteiger partial charge in [0.1, 0.15) is 9.97 Å². The van der Waals surface area contributed by atoms with Gasteiger partial charge in [0, 0.05) is 25.7 Å². The minimum atomic E-state index is -3.52. The van der Waals surface area contributed by atoms with Gasteiger partial charge >= 0.3 is 0 Å². The van der Waals surface area contributed by atoms with E-state index in [0.29, 0.717) is 29.7 Å². The average molecular weight is 415 g/mol. The quantitative estimate of drug-likeness (QED) is 0.736. The van der Waals surface area contributed by atoms with Crippen LogP contribution in [0.4, 0.5) is 0 Å². The molecular formula is C17H19ClN2O4S2. The molecule has 6 nitrogen and oxygen atoms in total. The molecule has 3 heterocycles. The molecule has 0 radical (unpaired) electrons. The number of furan rings is 1. The van der Waals surface area contributed by atoms with Crippen LogP contribution in [0.2, 0.25) is 4.34 Å². The molecule has 1 fully saturated rings. The number of thiophene rings is 1. The van der Waals surface area contributed by atoms with E-state index < -0.39 is 10.0 Å². The van der Waals surface area contributed by atoms with Crippen LogP contribution in [0.5, 0.6) is 0 Å². The van der Waals surface area contributed by atoms with Crippen LogP contribution in [0.1, 0.15) is 18.6 Å². The summed E-state index contributed by atoms with van der Waals surface area (Å²) in [7, 11) is -3.52. The zero-order chi connectivity index (χ0) is 18.6. The third-order valence-electron chi connectivity index (χ3n) is 4.23. The summed E-state index contributed by atoms with van der Waals surface area (Å²) in [5.74, 6) is 0.781. The van der Waals surface area contributed by atoms with E-state index in [-0.39, 0.29) is 16.0 Å². The van der Waals surface area contributed by atoms with Gasteiger partial charge in [0.25, 0.3) is 0 Å². The van der Waals surface area contributed by atoms with E-state index in [4.69, 9.17) is 16.0 Å². The predicted molar refractivity (Wildman–Crippen MR) is 102 cm³/mol. The number of hydrogen-bond donors (Lipinski definition) is 1. The van der Waals surface area contributed by atoms with E-state index in [1.54, 1.807) is 35.4 Å². The summed E-state index contributed by atoms with van der Waals surface area (Å²) in [6, 6.07) is 6.62. The third kappa shape index (κ3) is 4.97. The maximum Gasteiger partial charge on any atom is 0.250 e. The van der Waals surface area contributed by atoms with Crippen LogP contribution in [0.25, 0.3) is 6.08 Å². The minimum Gasteiger partial charge on any atom is -0.465 e. The number of likely N-dealkylation sites (tertiary alicyclic amines) is 1. The fourth-order valence-electron chi connectivity index (χ4n) is 2.74. The summed E-state index contributed by atoms with van der Waals surface area (Å²) < 4.78 is 32.9. The topological polar surface area (TPSA) is 79.6 Å². The highest BCUT2D eigenvalue weighted by molar-refractivity contribution is 7.91. The normalized spacial score (nSPS) is 16.4. The molecule has 1 saturated heterocycles. The fourth-order valence-corrected chi connectivity index (χ4v) is 5.39. The van der Waals surface area contributed by atoms with Gasteiger partial charge in [-0.1, -0.05) is 11.6 Å². The molecule has 26 heavy (non-hydrogen) atoms. The Hall–Kier alpha value is -1.61. The summed E-state index contributed by atoms with van der Waals surface area (Å²) in [6.07, 6.45) is 6.22. The SMILES string of the molecule is O=C(/C=C/c1ccco1)N1CCC(CNS(=O)(=O)c2ccc(Cl)s2)CC1. The Labute approximate surface area is 161 Å². The highest BCUT2D eigenvalue weighted by Crippen LogP contribution is 2.26. The number of amides is 1. The molecule has 0 saturated carbocycles. The Bertz CT molecular complexity index is 866. The second-order valence-corrected chi connectivity index (χ2v) is 9.74. The van der Waals surface area contributed by atoms with E-state index in [9.17, 15) is 13.2 Å². The molecule has 9 heteroatoms. The highest BCUT2D eigenvalue weighted by atomic mass is 35.5. The van der Waals surface area contributed by atoms with Crippen molar-refractivity contribution in [2.24, 2.45) is 5.92 Å². The first-order valence-corrected chi connectivity index (χ1v) is 10.9. The standard InChI is InChI=1S/C17H19ClN2O4S2/c18-15-4-6-17(25-15)26(22,23)19-12-13-7-9-20(10-8-13)16(21)5-3-14-2-1-11-24-14/h1-6,11,13,19H,7-10,12H2/b5-3+. The van der Waals surface area contributed by atoms with Crippen molar-refractivity contribution in [3.05, 3.63) is 46.7 Å². The Kier molecular flexibility index (Phi) is 6.18. The maximum atomic E-state index is 12.2. The number of piperidine rings is 1. The van der Waals surface area contributed by atoms with Crippen molar-refractivity contribution in [1.29, 1.82) is 0 Å². The summed E-state index contributed by atoms with van der Waals surface area (Å²) in [5.41, 5.74) is 0. The number of nitrogens with zero attached hydrogens (tertiary/aromatic N) is 1. The van der Waals surface area contributed by atoms with E-state index in [1.165, 1.54) is 12.1 Å². The molecule has 0 bridgehead atoms. The predicted octanol–water partition coefficient (Wildman–Crippen LogP) is 3.22. The van der Waals surface area contributed by atoms with Crippen LogP contribution in [0.3, 0.4) is 0 Å². The van der Waals surface area contributed by atoms with Crippen molar-refractivity contribution in [2.45, 2.75) is 17.1 Å². The number of sulfonamides is 1. The molecule has 1 N–H and O–H groups in total. The summed E-state index contributed by atoms with van der Waals surface area (Å²) in [6.45, 7) is 1.58. The molecule has 1 aliphatic rings. The summed E-state index contributed by atoms with van der Waals surface area (Å²) in [5, 5.41) is 0. The van der Waals surface area contributed by atoms with Crippen LogP contribution in [-0.4, -0.2) is 38.9 Å². The molecule has 0 spiro atoms. The molecule has 0 unspecified atom stereocenters. The minimum absolute atomic E-state index is 0.0614. The van der Waals surface area contributed by atoms with Crippen LogP contribution >= 0.6 is 22.9 Å². The Balaban J connectivity index is 1.46. The van der Waals surface area contributed by atoms with Crippen LogP contribution in [0, 0.1) is 5.92 Å². The Morgan fingerprint density at radius 2 is 2.12 bits per heavy atom. The van der Waals surface area contributed by atoms with Crippen LogP contribution < -0.4 is 4.72 Å². The fraction of sp³-hybridized carbons (Fsp3) is 0.353. The van der Waals surface area contributed by atoms with Crippen molar-refractivity contribution in [3.63, 3.8) is 0 Å². The average Bonchev–Trinajstić information content (AvgIpc) is 3.30. The first-order chi connectivity index (χ1) is 12.4. The van der Waals surface area contributed by atoms with Crippen LogP contribution in [0.15, 0.2) is 45.2 Å². The first kappa shape index (κ1) is 19.2. The van der Waals surface area contributed by atoms with Crippen LogP contribution in [-0.2, 0) is 14.8 Å². The lowest BCUT2D eigenvalue weighted by atomic mass is 9.97. The van der Waals surface area contributed by atoms with Gasteiger partial charge in [-0.25, -0.2) is 13.1 Å². The van der Waals surface area contributed by atoms with Crippen molar-refractivity contribution < 1.29 is 17.6 Å². The molecule has 2 aromatic heterocycles. The monoisotopic (exact) mass is 414 g/mol. The summed E-state index contributed by atoms with van der Waals surface area (Å²) in [4.78, 5) is 13.9. The van der Waals surface area contributed by atoms with Gasteiger partial charge in [0.15, 0.2) is 0 Å². The molecule has 2 aromatic rings. The maximum absolute atomic E-state index is 12.2. The van der Waals surface area contributed by atoms with Gasteiger partial charge in [-0.15, -0.1) is 11.3 Å². The van der Waals surface area contributed by atoms with Crippen molar-refractivity contribution in [3.8, 4) is 0 Å². The highest BCUT2D eigenvalue weighted by Gasteiger charge is 2.24. The number of hydrogen-bond acceptors (Lipinski definition) is 5. The molecule has 0 atom stereocenters. The third-order valence-corrected chi connectivity index (χ3v) is 7.38. The van der Waals surface area contributed by atoms with Crippen molar-refractivity contribution >= 4 is 44.9 Å². The second kappa shape index (κ2) is 8.39. The van der Waals surface area contributed by atoms with E-state index >= 15 is 0 Å². The largest absolute Gasteiger partial charge is 0.465 e. The number of rotatable bonds is 6. The number of carbonyl (C=O) groups is 1.